The molecule has 0 heterocycles. The van der Waals surface area contributed by atoms with Crippen LogP contribution in [0.2, 0.25) is 0 Å². The first-order chi connectivity index (χ1) is 10.1. The topological polar surface area (TPSA) is 29.1 Å². The minimum absolute atomic E-state index is 0.231. The van der Waals surface area contributed by atoms with E-state index in [2.05, 4.69) is 36.5 Å². The molecule has 2 aromatic rings. The van der Waals surface area contributed by atoms with E-state index in [4.69, 9.17) is 0 Å². The van der Waals surface area contributed by atoms with Gasteiger partial charge in [-0.3, -0.25) is 4.79 Å². The molecule has 21 heavy (non-hydrogen) atoms. The van der Waals surface area contributed by atoms with Gasteiger partial charge in [-0.2, -0.15) is 11.8 Å². The van der Waals surface area contributed by atoms with Crippen molar-refractivity contribution in [3.8, 4) is 0 Å². The van der Waals surface area contributed by atoms with E-state index in [1.165, 1.54) is 29.3 Å². The second-order valence-electron chi connectivity index (χ2n) is 4.81. The van der Waals surface area contributed by atoms with E-state index in [9.17, 15) is 9.18 Å². The molecule has 0 aliphatic carbocycles. The molecule has 1 N–H and O–H groups in total. The van der Waals surface area contributed by atoms with Gasteiger partial charge in [-0.1, -0.05) is 35.9 Å². The number of hydrogen-bond donors (Lipinski definition) is 1. The van der Waals surface area contributed by atoms with Crippen molar-refractivity contribution in [1.82, 2.24) is 5.32 Å². The standard InChI is InChI=1S/C17H18FNOS/c1-13-4-2-5-14(10-13)12-21-9-8-19-17(20)15-6-3-7-16(18)11-15/h2-7,10-11H,8-9,12H2,1H3,(H,19,20). The highest BCUT2D eigenvalue weighted by molar-refractivity contribution is 7.98. The minimum Gasteiger partial charge on any atom is -0.351 e. The summed E-state index contributed by atoms with van der Waals surface area (Å²) < 4.78 is 13.0. The Morgan fingerprint density at radius 2 is 2.00 bits per heavy atom. The van der Waals surface area contributed by atoms with E-state index >= 15 is 0 Å². The number of hydrogen-bond acceptors (Lipinski definition) is 2. The van der Waals surface area contributed by atoms with Crippen molar-refractivity contribution in [2.45, 2.75) is 12.7 Å². The second-order valence-corrected chi connectivity index (χ2v) is 5.91. The van der Waals surface area contributed by atoms with Crippen LogP contribution in [-0.4, -0.2) is 18.2 Å². The van der Waals surface area contributed by atoms with Gasteiger partial charge in [0, 0.05) is 23.6 Å². The van der Waals surface area contributed by atoms with E-state index in [0.717, 1.165) is 11.5 Å². The number of nitrogens with one attached hydrogen (secondary N) is 1. The summed E-state index contributed by atoms with van der Waals surface area (Å²) in [7, 11) is 0. The molecule has 0 atom stereocenters. The van der Waals surface area contributed by atoms with Crippen molar-refractivity contribution < 1.29 is 9.18 Å². The Hall–Kier alpha value is -1.81. The van der Waals surface area contributed by atoms with E-state index in [1.54, 1.807) is 17.8 Å². The molecule has 2 rings (SSSR count). The summed E-state index contributed by atoms with van der Waals surface area (Å²) >= 11 is 1.77. The maximum Gasteiger partial charge on any atom is 0.251 e. The number of halogens is 1. The van der Waals surface area contributed by atoms with Crippen LogP contribution in [0.15, 0.2) is 48.5 Å². The van der Waals surface area contributed by atoms with Gasteiger partial charge >= 0.3 is 0 Å². The summed E-state index contributed by atoms with van der Waals surface area (Å²) in [5.74, 6) is 1.13. The number of thioether (sulfide) groups is 1. The van der Waals surface area contributed by atoms with Crippen molar-refractivity contribution in [2.75, 3.05) is 12.3 Å². The number of rotatable bonds is 6. The van der Waals surface area contributed by atoms with Gasteiger partial charge in [-0.05, 0) is 30.7 Å². The first-order valence-electron chi connectivity index (χ1n) is 6.82. The predicted octanol–water partition coefficient (Wildman–Crippen LogP) is 3.80. The molecule has 2 aromatic carbocycles. The predicted molar refractivity (Wildman–Crippen MR) is 86.1 cm³/mol. The van der Waals surface area contributed by atoms with Crippen LogP contribution in [0.5, 0.6) is 0 Å². The Morgan fingerprint density at radius 1 is 1.19 bits per heavy atom. The molecule has 0 spiro atoms. The molecule has 110 valence electrons. The van der Waals surface area contributed by atoms with Gasteiger partial charge in [-0.15, -0.1) is 0 Å². The molecule has 0 unspecified atom stereocenters. The normalized spacial score (nSPS) is 10.4. The van der Waals surface area contributed by atoms with Gasteiger partial charge in [0.05, 0.1) is 0 Å². The van der Waals surface area contributed by atoms with Gasteiger partial charge in [0.15, 0.2) is 0 Å². The third kappa shape index (κ3) is 5.23. The molecule has 0 aliphatic heterocycles. The first-order valence-corrected chi connectivity index (χ1v) is 7.97. The number of carbonyl (C=O) groups is 1. The zero-order valence-corrected chi connectivity index (χ0v) is 12.8. The molecule has 0 aliphatic rings. The summed E-state index contributed by atoms with van der Waals surface area (Å²) in [5.41, 5.74) is 2.91. The lowest BCUT2D eigenvalue weighted by Gasteiger charge is -2.06. The lowest BCUT2D eigenvalue weighted by atomic mass is 10.2. The van der Waals surface area contributed by atoms with Crippen LogP contribution in [0.25, 0.3) is 0 Å². The Kier molecular flexibility index (Phi) is 5.81. The fourth-order valence-electron chi connectivity index (χ4n) is 1.96. The molecule has 4 heteroatoms. The van der Waals surface area contributed by atoms with Crippen molar-refractivity contribution in [2.24, 2.45) is 0 Å². The number of benzene rings is 2. The molecule has 0 saturated carbocycles. The van der Waals surface area contributed by atoms with E-state index in [0.29, 0.717) is 12.1 Å². The van der Waals surface area contributed by atoms with Crippen molar-refractivity contribution in [3.63, 3.8) is 0 Å². The summed E-state index contributed by atoms with van der Waals surface area (Å²) in [5, 5.41) is 2.80. The summed E-state index contributed by atoms with van der Waals surface area (Å²) in [6.45, 7) is 2.65. The highest BCUT2D eigenvalue weighted by Gasteiger charge is 2.05. The third-order valence-corrected chi connectivity index (χ3v) is 4.00. The molecule has 0 aromatic heterocycles. The minimum atomic E-state index is -0.392. The summed E-state index contributed by atoms with van der Waals surface area (Å²) in [4.78, 5) is 11.8. The Balaban J connectivity index is 1.69. The fraction of sp³-hybridized carbons (Fsp3) is 0.235. The molecule has 0 fully saturated rings. The van der Waals surface area contributed by atoms with Crippen molar-refractivity contribution in [3.05, 3.63) is 71.0 Å². The molecule has 0 radical (unpaired) electrons. The van der Waals surface area contributed by atoms with E-state index < -0.39 is 5.82 Å². The van der Waals surface area contributed by atoms with Crippen molar-refractivity contribution >= 4 is 17.7 Å². The molecular formula is C17H18FNOS. The summed E-state index contributed by atoms with van der Waals surface area (Å²) in [6, 6.07) is 14.1. The van der Waals surface area contributed by atoms with Crippen LogP contribution in [0.4, 0.5) is 4.39 Å². The van der Waals surface area contributed by atoms with Gasteiger partial charge in [0.25, 0.3) is 5.91 Å². The molecular weight excluding hydrogens is 285 g/mol. The molecule has 2 nitrogen and oxygen atoms in total. The average Bonchev–Trinajstić information content (AvgIpc) is 2.47. The number of amides is 1. The largest absolute Gasteiger partial charge is 0.351 e. The van der Waals surface area contributed by atoms with E-state index in [-0.39, 0.29) is 5.91 Å². The quantitative estimate of drug-likeness (QED) is 0.823. The summed E-state index contributed by atoms with van der Waals surface area (Å²) in [6.07, 6.45) is 0. The fourth-order valence-corrected chi connectivity index (χ4v) is 2.77. The van der Waals surface area contributed by atoms with Crippen LogP contribution in [0, 0.1) is 12.7 Å². The SMILES string of the molecule is Cc1cccc(CSCCNC(=O)c2cccc(F)c2)c1. The molecule has 0 saturated heterocycles. The van der Waals surface area contributed by atoms with Crippen molar-refractivity contribution in [1.29, 1.82) is 0 Å². The van der Waals surface area contributed by atoms with Crippen LogP contribution in [0.3, 0.4) is 0 Å². The zero-order valence-electron chi connectivity index (χ0n) is 11.9. The Bertz CT molecular complexity index is 615. The highest BCUT2D eigenvalue weighted by Crippen LogP contribution is 2.13. The first kappa shape index (κ1) is 15.6. The molecule has 1 amide bonds. The highest BCUT2D eigenvalue weighted by atomic mass is 32.2. The van der Waals surface area contributed by atoms with Gasteiger partial charge < -0.3 is 5.32 Å². The lowest BCUT2D eigenvalue weighted by Crippen LogP contribution is -2.25. The Labute approximate surface area is 128 Å². The van der Waals surface area contributed by atoms with Gasteiger partial charge in [0.1, 0.15) is 5.82 Å². The molecule has 0 bridgehead atoms. The average molecular weight is 303 g/mol. The van der Waals surface area contributed by atoms with Crippen LogP contribution in [0.1, 0.15) is 21.5 Å². The van der Waals surface area contributed by atoms with Crippen LogP contribution < -0.4 is 5.32 Å². The monoisotopic (exact) mass is 303 g/mol. The third-order valence-electron chi connectivity index (χ3n) is 2.97. The Morgan fingerprint density at radius 3 is 2.76 bits per heavy atom. The van der Waals surface area contributed by atoms with Crippen LogP contribution >= 0.6 is 11.8 Å². The number of aryl methyl sites for hydroxylation is 1. The maximum absolute atomic E-state index is 13.0. The lowest BCUT2D eigenvalue weighted by molar-refractivity contribution is 0.0955. The zero-order chi connectivity index (χ0) is 15.1. The van der Waals surface area contributed by atoms with E-state index in [1.807, 2.05) is 0 Å². The van der Waals surface area contributed by atoms with Gasteiger partial charge in [-0.25, -0.2) is 4.39 Å². The maximum atomic E-state index is 13.0. The number of carbonyl (C=O) groups excluding carboxylic acids is 1. The van der Waals surface area contributed by atoms with Gasteiger partial charge in [0.2, 0.25) is 0 Å². The van der Waals surface area contributed by atoms with Crippen LogP contribution in [-0.2, 0) is 5.75 Å². The smallest absolute Gasteiger partial charge is 0.251 e. The second kappa shape index (κ2) is 7.84.